The van der Waals surface area contributed by atoms with Crippen molar-refractivity contribution >= 4 is 31.6 Å². The number of ether oxygens (including phenoxy) is 3. The highest BCUT2D eigenvalue weighted by atomic mass is 32.1. The number of thiocarbonyl (C=S) groups is 1. The van der Waals surface area contributed by atoms with Gasteiger partial charge in [0.05, 0.1) is 6.10 Å². The summed E-state index contributed by atoms with van der Waals surface area (Å²) in [6.45, 7) is 15.9. The van der Waals surface area contributed by atoms with Gasteiger partial charge < -0.3 is 18.6 Å². The van der Waals surface area contributed by atoms with Crippen molar-refractivity contribution in [1.29, 1.82) is 0 Å². The van der Waals surface area contributed by atoms with Gasteiger partial charge in [-0.25, -0.2) is 0 Å². The number of esters is 1. The fraction of sp³-hybridized carbons (Fsp3) is 0.875. The first-order chi connectivity index (χ1) is 10.3. The standard InChI is InChI=1S/C16H30O5SSi/c1-10-15(19-11(2)17)13(20-12(3)22)9-14(18-10)21-23(7,8)16(4,5)6/h10,13-15H,9H2,1-8H3/t10-,13-,14+,15-/m0/s1. The summed E-state index contributed by atoms with van der Waals surface area (Å²) in [7, 11) is -1.97. The van der Waals surface area contributed by atoms with E-state index in [0.717, 1.165) is 0 Å². The summed E-state index contributed by atoms with van der Waals surface area (Å²) in [5, 5.41) is 0.510. The van der Waals surface area contributed by atoms with E-state index < -0.39 is 14.4 Å². The maximum Gasteiger partial charge on any atom is 0.303 e. The van der Waals surface area contributed by atoms with Gasteiger partial charge in [0, 0.05) is 20.3 Å². The van der Waals surface area contributed by atoms with E-state index in [-0.39, 0.29) is 29.5 Å². The van der Waals surface area contributed by atoms with Crippen LogP contribution in [0.2, 0.25) is 18.1 Å². The molecule has 1 aliphatic heterocycles. The number of rotatable bonds is 4. The Balaban J connectivity index is 2.88. The number of carbonyl (C=O) groups is 1. The quantitative estimate of drug-likeness (QED) is 0.431. The van der Waals surface area contributed by atoms with Gasteiger partial charge in [-0.15, -0.1) is 0 Å². The average molecular weight is 363 g/mol. The van der Waals surface area contributed by atoms with E-state index in [0.29, 0.717) is 11.5 Å². The van der Waals surface area contributed by atoms with Crippen molar-refractivity contribution in [3.8, 4) is 0 Å². The largest absolute Gasteiger partial charge is 0.480 e. The van der Waals surface area contributed by atoms with Gasteiger partial charge in [-0.1, -0.05) is 20.8 Å². The van der Waals surface area contributed by atoms with Crippen LogP contribution in [0.1, 0.15) is 48.0 Å². The van der Waals surface area contributed by atoms with Crippen LogP contribution in [0.25, 0.3) is 0 Å². The van der Waals surface area contributed by atoms with Gasteiger partial charge in [-0.2, -0.15) is 0 Å². The normalized spacial score (nSPS) is 29.0. The van der Waals surface area contributed by atoms with Crippen LogP contribution >= 0.6 is 12.2 Å². The summed E-state index contributed by atoms with van der Waals surface area (Å²) in [6, 6.07) is 0. The van der Waals surface area contributed by atoms with E-state index >= 15 is 0 Å². The molecule has 0 N–H and O–H groups in total. The first-order valence-electron chi connectivity index (χ1n) is 8.01. The molecule has 0 aliphatic carbocycles. The Kier molecular flexibility index (Phi) is 6.78. The minimum absolute atomic E-state index is 0.0861. The molecule has 0 amide bonds. The molecule has 1 aliphatic rings. The maximum absolute atomic E-state index is 11.3. The van der Waals surface area contributed by atoms with Gasteiger partial charge in [0.15, 0.2) is 25.8 Å². The van der Waals surface area contributed by atoms with Crippen LogP contribution in [0.5, 0.6) is 0 Å². The van der Waals surface area contributed by atoms with Gasteiger partial charge in [0.25, 0.3) is 0 Å². The van der Waals surface area contributed by atoms with Crippen LogP contribution in [0.15, 0.2) is 0 Å². The number of hydrogen-bond donors (Lipinski definition) is 0. The third-order valence-electron chi connectivity index (χ3n) is 4.47. The number of carbonyl (C=O) groups excluding carboxylic acids is 1. The third-order valence-corrected chi connectivity index (χ3v) is 9.03. The molecule has 23 heavy (non-hydrogen) atoms. The second kappa shape index (κ2) is 7.59. The van der Waals surface area contributed by atoms with Crippen molar-refractivity contribution < 1.29 is 23.4 Å². The Hall–Kier alpha value is -0.503. The summed E-state index contributed by atoms with van der Waals surface area (Å²) in [4.78, 5) is 11.3. The Morgan fingerprint density at radius 2 is 1.78 bits per heavy atom. The maximum atomic E-state index is 11.3. The SMILES string of the molecule is CC(=O)O[C@H]1[C@H](C)O[C@H](O[Si](C)(C)C(C)(C)C)C[C@@H]1OC(C)=S. The van der Waals surface area contributed by atoms with Gasteiger partial charge >= 0.3 is 5.97 Å². The predicted octanol–water partition coefficient (Wildman–Crippen LogP) is 3.81. The van der Waals surface area contributed by atoms with E-state index in [1.165, 1.54) is 6.92 Å². The van der Waals surface area contributed by atoms with E-state index in [1.807, 2.05) is 6.92 Å². The molecule has 0 spiro atoms. The second-order valence-corrected chi connectivity index (χ2v) is 12.9. The molecular weight excluding hydrogens is 332 g/mol. The van der Waals surface area contributed by atoms with Crippen molar-refractivity contribution in [1.82, 2.24) is 0 Å². The Labute approximate surface area is 146 Å². The molecule has 134 valence electrons. The second-order valence-electron chi connectivity index (χ2n) is 7.61. The molecule has 0 aromatic heterocycles. The minimum Gasteiger partial charge on any atom is -0.480 e. The summed E-state index contributed by atoms with van der Waals surface area (Å²) in [6.07, 6.45) is -1.04. The van der Waals surface area contributed by atoms with Crippen LogP contribution in [-0.4, -0.2) is 43.9 Å². The highest BCUT2D eigenvalue weighted by molar-refractivity contribution is 7.80. The molecule has 0 bridgehead atoms. The molecule has 7 heteroatoms. The molecule has 0 radical (unpaired) electrons. The summed E-state index contributed by atoms with van der Waals surface area (Å²) < 4.78 is 23.4. The van der Waals surface area contributed by atoms with Crippen LogP contribution in [-0.2, 0) is 23.4 Å². The first-order valence-corrected chi connectivity index (χ1v) is 11.3. The predicted molar refractivity (Wildman–Crippen MR) is 95.9 cm³/mol. The summed E-state index contributed by atoms with van der Waals surface area (Å²) >= 11 is 5.05. The number of hydrogen-bond acceptors (Lipinski definition) is 6. The molecule has 1 rings (SSSR count). The highest BCUT2D eigenvalue weighted by Gasteiger charge is 2.45. The first kappa shape index (κ1) is 20.5. The lowest BCUT2D eigenvalue weighted by Crippen LogP contribution is -2.54. The molecule has 4 atom stereocenters. The summed E-state index contributed by atoms with van der Waals surface area (Å²) in [5.41, 5.74) is 0. The monoisotopic (exact) mass is 362 g/mol. The molecule has 1 fully saturated rings. The fourth-order valence-electron chi connectivity index (χ4n) is 2.27. The van der Waals surface area contributed by atoms with Crippen molar-refractivity contribution in [2.75, 3.05) is 0 Å². The Morgan fingerprint density at radius 1 is 1.22 bits per heavy atom. The topological polar surface area (TPSA) is 54.0 Å². The van der Waals surface area contributed by atoms with E-state index in [2.05, 4.69) is 33.9 Å². The van der Waals surface area contributed by atoms with Gasteiger partial charge in [0.1, 0.15) is 6.10 Å². The molecule has 0 aromatic rings. The fourth-order valence-corrected chi connectivity index (χ4v) is 3.56. The summed E-state index contributed by atoms with van der Waals surface area (Å²) in [5.74, 6) is -0.357. The molecule has 0 saturated carbocycles. The lowest BCUT2D eigenvalue weighted by Gasteiger charge is -2.44. The van der Waals surface area contributed by atoms with Gasteiger partial charge in [-0.05, 0) is 37.3 Å². The molecular formula is C16H30O5SSi. The Bertz CT molecular complexity index is 446. The van der Waals surface area contributed by atoms with Crippen LogP contribution in [0, 0.1) is 0 Å². The lowest BCUT2D eigenvalue weighted by molar-refractivity contribution is -0.227. The zero-order valence-electron chi connectivity index (χ0n) is 15.5. The minimum atomic E-state index is -1.97. The average Bonchev–Trinajstić information content (AvgIpc) is 2.30. The molecule has 1 saturated heterocycles. The van der Waals surface area contributed by atoms with Crippen LogP contribution in [0.3, 0.4) is 0 Å². The van der Waals surface area contributed by atoms with Crippen molar-refractivity contribution in [2.45, 2.75) is 90.7 Å². The van der Waals surface area contributed by atoms with E-state index in [1.54, 1.807) is 6.92 Å². The van der Waals surface area contributed by atoms with Crippen LogP contribution in [0.4, 0.5) is 0 Å². The molecule has 1 heterocycles. The zero-order valence-corrected chi connectivity index (χ0v) is 17.3. The highest BCUT2D eigenvalue weighted by Crippen LogP contribution is 2.39. The zero-order chi connectivity index (χ0) is 18.0. The van der Waals surface area contributed by atoms with Crippen molar-refractivity contribution in [3.63, 3.8) is 0 Å². The smallest absolute Gasteiger partial charge is 0.303 e. The van der Waals surface area contributed by atoms with Gasteiger partial charge in [-0.3, -0.25) is 4.79 Å². The van der Waals surface area contributed by atoms with E-state index in [9.17, 15) is 4.79 Å². The molecule has 0 unspecified atom stereocenters. The molecule has 5 nitrogen and oxygen atoms in total. The van der Waals surface area contributed by atoms with Gasteiger partial charge in [0.2, 0.25) is 0 Å². The van der Waals surface area contributed by atoms with E-state index in [4.69, 9.17) is 30.9 Å². The molecule has 0 aromatic carbocycles. The lowest BCUT2D eigenvalue weighted by atomic mass is 10.0. The van der Waals surface area contributed by atoms with Crippen LogP contribution < -0.4 is 0 Å². The van der Waals surface area contributed by atoms with Crippen molar-refractivity contribution in [3.05, 3.63) is 0 Å². The van der Waals surface area contributed by atoms with Crippen molar-refractivity contribution in [2.24, 2.45) is 0 Å². The Morgan fingerprint density at radius 3 is 2.22 bits per heavy atom. The third kappa shape index (κ3) is 5.81.